The predicted molar refractivity (Wildman–Crippen MR) is 179 cm³/mol. The van der Waals surface area contributed by atoms with Gasteiger partial charge in [0.15, 0.2) is 0 Å². The molecule has 0 aliphatic carbocycles. The molecule has 0 unspecified atom stereocenters. The van der Waals surface area contributed by atoms with Gasteiger partial charge in [-0.3, -0.25) is 9.69 Å². The van der Waals surface area contributed by atoms with Crippen molar-refractivity contribution in [3.05, 3.63) is 89.5 Å². The number of rotatable bonds is 11. The molecule has 8 nitrogen and oxygen atoms in total. The van der Waals surface area contributed by atoms with E-state index < -0.39 is 0 Å². The summed E-state index contributed by atoms with van der Waals surface area (Å²) in [6.07, 6.45) is 4.12. The molecule has 234 valence electrons. The molecule has 0 aromatic heterocycles. The molecule has 5 rings (SSSR count). The van der Waals surface area contributed by atoms with Crippen LogP contribution in [0.4, 0.5) is 21.9 Å². The molecule has 2 saturated heterocycles. The molecule has 3 aromatic carbocycles. The van der Waals surface area contributed by atoms with Crippen molar-refractivity contribution in [1.29, 1.82) is 0 Å². The maximum atomic E-state index is 13.6. The summed E-state index contributed by atoms with van der Waals surface area (Å²) in [5.74, 6) is 0.946. The van der Waals surface area contributed by atoms with Crippen molar-refractivity contribution < 1.29 is 14.3 Å². The number of anilines is 3. The topological polar surface area (TPSA) is 85.9 Å². The van der Waals surface area contributed by atoms with Crippen molar-refractivity contribution in [2.24, 2.45) is 5.92 Å². The van der Waals surface area contributed by atoms with E-state index in [9.17, 15) is 9.59 Å². The van der Waals surface area contributed by atoms with Gasteiger partial charge in [-0.25, -0.2) is 4.79 Å². The van der Waals surface area contributed by atoms with Crippen LogP contribution in [0, 0.1) is 5.92 Å². The Morgan fingerprint density at radius 2 is 1.55 bits per heavy atom. The van der Waals surface area contributed by atoms with Gasteiger partial charge in [-0.15, -0.1) is 0 Å². The van der Waals surface area contributed by atoms with Gasteiger partial charge in [0, 0.05) is 49.8 Å². The minimum Gasteiger partial charge on any atom is -0.379 e. The highest BCUT2D eigenvalue weighted by Crippen LogP contribution is 2.30. The first-order valence-corrected chi connectivity index (χ1v) is 16.1. The quantitative estimate of drug-likeness (QED) is 0.224. The molecule has 2 fully saturated rings. The number of ether oxygens (including phenoxy) is 1. The lowest BCUT2D eigenvalue weighted by molar-refractivity contribution is 0.0374. The molecule has 0 bridgehead atoms. The number of nitrogens with zero attached hydrogens (tertiary/aromatic N) is 2. The largest absolute Gasteiger partial charge is 0.379 e. The van der Waals surface area contributed by atoms with Crippen LogP contribution in [0.2, 0.25) is 0 Å². The normalized spacial score (nSPS) is 16.1. The second kappa shape index (κ2) is 15.7. The molecule has 3 aromatic rings. The second-order valence-corrected chi connectivity index (χ2v) is 12.3. The highest BCUT2D eigenvalue weighted by Gasteiger charge is 2.24. The van der Waals surface area contributed by atoms with Gasteiger partial charge in [0.2, 0.25) is 0 Å². The fourth-order valence-electron chi connectivity index (χ4n) is 6.07. The lowest BCUT2D eigenvalue weighted by atomic mass is 9.89. The van der Waals surface area contributed by atoms with Crippen molar-refractivity contribution in [2.45, 2.75) is 45.4 Å². The van der Waals surface area contributed by atoms with Gasteiger partial charge in [-0.05, 0) is 85.5 Å². The van der Waals surface area contributed by atoms with Crippen LogP contribution in [-0.4, -0.2) is 69.3 Å². The minimum atomic E-state index is -0.339. The Hall–Kier alpha value is -3.88. The van der Waals surface area contributed by atoms with E-state index in [1.54, 1.807) is 0 Å². The summed E-state index contributed by atoms with van der Waals surface area (Å²) in [6, 6.07) is 23.9. The summed E-state index contributed by atoms with van der Waals surface area (Å²) >= 11 is 0. The zero-order valence-electron chi connectivity index (χ0n) is 26.2. The third kappa shape index (κ3) is 9.07. The summed E-state index contributed by atoms with van der Waals surface area (Å²) in [6.45, 7) is 11.0. The molecule has 2 heterocycles. The van der Waals surface area contributed by atoms with Gasteiger partial charge in [0.25, 0.3) is 5.91 Å². The Morgan fingerprint density at radius 3 is 2.25 bits per heavy atom. The van der Waals surface area contributed by atoms with Crippen molar-refractivity contribution in [1.82, 2.24) is 10.2 Å². The Bertz CT molecular complexity index is 1350. The number of nitrogens with one attached hydrogen (secondary N) is 3. The third-order valence-electron chi connectivity index (χ3n) is 8.70. The fraction of sp³-hybridized carbons (Fsp3) is 0.444. The number of carbonyl (C=O) groups excluding carboxylic acids is 2. The van der Waals surface area contributed by atoms with E-state index in [1.807, 2.05) is 42.5 Å². The molecule has 0 atom stereocenters. The van der Waals surface area contributed by atoms with Crippen molar-refractivity contribution in [3.63, 3.8) is 0 Å². The maximum absolute atomic E-state index is 13.6. The fourth-order valence-corrected chi connectivity index (χ4v) is 6.07. The zero-order chi connectivity index (χ0) is 30.7. The monoisotopic (exact) mass is 597 g/mol. The van der Waals surface area contributed by atoms with Gasteiger partial charge >= 0.3 is 6.03 Å². The summed E-state index contributed by atoms with van der Waals surface area (Å²) < 4.78 is 5.44. The molecule has 0 spiro atoms. The van der Waals surface area contributed by atoms with E-state index in [0.717, 1.165) is 83.0 Å². The molecule has 8 heteroatoms. The highest BCUT2D eigenvalue weighted by atomic mass is 16.5. The van der Waals surface area contributed by atoms with Crippen molar-refractivity contribution in [2.75, 3.05) is 68.0 Å². The molecule has 0 radical (unpaired) electrons. The van der Waals surface area contributed by atoms with E-state index in [0.29, 0.717) is 29.6 Å². The lowest BCUT2D eigenvalue weighted by Crippen LogP contribution is -2.38. The lowest BCUT2D eigenvalue weighted by Gasteiger charge is -2.35. The van der Waals surface area contributed by atoms with E-state index in [1.165, 1.54) is 11.1 Å². The van der Waals surface area contributed by atoms with Gasteiger partial charge in [-0.2, -0.15) is 0 Å². The first-order chi connectivity index (χ1) is 21.4. The van der Waals surface area contributed by atoms with Gasteiger partial charge in [-0.1, -0.05) is 56.3 Å². The van der Waals surface area contributed by atoms with Crippen LogP contribution in [-0.2, 0) is 11.2 Å². The molecule has 0 saturated carbocycles. The first-order valence-electron chi connectivity index (χ1n) is 16.1. The number of urea groups is 1. The van der Waals surface area contributed by atoms with Crippen LogP contribution in [0.5, 0.6) is 0 Å². The first kappa shape index (κ1) is 31.5. The van der Waals surface area contributed by atoms with Gasteiger partial charge in [0.05, 0.1) is 18.8 Å². The standard InChI is InChI=1S/C36H47N5O3/c1-27(2)30-9-11-31(12-10-30)38-36(43)39-32-13-14-34(41-19-15-29(16-20-41)25-28-7-4-3-5-8-28)33(26-32)35(42)37-17-6-18-40-21-23-44-24-22-40/h3-5,7-14,26-27,29H,6,15-25H2,1-2H3,(H,37,42)(H2,38,39,43). The van der Waals surface area contributed by atoms with Crippen LogP contribution in [0.15, 0.2) is 72.8 Å². The van der Waals surface area contributed by atoms with Crippen LogP contribution in [0.3, 0.4) is 0 Å². The van der Waals surface area contributed by atoms with E-state index in [2.05, 4.69) is 69.9 Å². The molecule has 3 N–H and O–H groups in total. The third-order valence-corrected chi connectivity index (χ3v) is 8.70. The van der Waals surface area contributed by atoms with Gasteiger partial charge < -0.3 is 25.6 Å². The predicted octanol–water partition coefficient (Wildman–Crippen LogP) is 6.37. The zero-order valence-corrected chi connectivity index (χ0v) is 26.2. The van der Waals surface area contributed by atoms with E-state index in [4.69, 9.17) is 4.74 Å². The number of carbonyl (C=O) groups is 2. The summed E-state index contributed by atoms with van der Waals surface area (Å²) in [5.41, 5.74) is 5.42. The molecular formula is C36H47N5O3. The van der Waals surface area contributed by atoms with Crippen LogP contribution in [0.25, 0.3) is 0 Å². The average molecular weight is 598 g/mol. The highest BCUT2D eigenvalue weighted by molar-refractivity contribution is 6.04. The van der Waals surface area contributed by atoms with Crippen molar-refractivity contribution >= 4 is 29.0 Å². The molecule has 44 heavy (non-hydrogen) atoms. The number of hydrogen-bond acceptors (Lipinski definition) is 5. The Morgan fingerprint density at radius 1 is 0.864 bits per heavy atom. The van der Waals surface area contributed by atoms with Crippen LogP contribution in [0.1, 0.15) is 60.5 Å². The Kier molecular flexibility index (Phi) is 11.3. The van der Waals surface area contributed by atoms with E-state index >= 15 is 0 Å². The van der Waals surface area contributed by atoms with E-state index in [-0.39, 0.29) is 11.9 Å². The average Bonchev–Trinajstić information content (AvgIpc) is 3.04. The SMILES string of the molecule is CC(C)c1ccc(NC(=O)Nc2ccc(N3CCC(Cc4ccccc4)CC3)c(C(=O)NCCCN3CCOCC3)c2)cc1. The molecule has 3 amide bonds. The van der Waals surface area contributed by atoms with Crippen molar-refractivity contribution in [3.8, 4) is 0 Å². The number of hydrogen-bond donors (Lipinski definition) is 3. The number of benzene rings is 3. The molecule has 2 aliphatic heterocycles. The number of morpholine rings is 1. The maximum Gasteiger partial charge on any atom is 0.323 e. The number of amides is 3. The summed E-state index contributed by atoms with van der Waals surface area (Å²) in [4.78, 5) is 31.1. The van der Waals surface area contributed by atoms with Crippen LogP contribution < -0.4 is 20.9 Å². The second-order valence-electron chi connectivity index (χ2n) is 12.3. The number of piperidine rings is 1. The summed E-state index contributed by atoms with van der Waals surface area (Å²) in [7, 11) is 0. The summed E-state index contributed by atoms with van der Waals surface area (Å²) in [5, 5.41) is 8.98. The van der Waals surface area contributed by atoms with Crippen LogP contribution >= 0.6 is 0 Å². The Labute approximate surface area is 262 Å². The minimum absolute atomic E-state index is 0.110. The molecule has 2 aliphatic rings. The molecular weight excluding hydrogens is 550 g/mol. The smallest absolute Gasteiger partial charge is 0.323 e. The van der Waals surface area contributed by atoms with Gasteiger partial charge in [0.1, 0.15) is 0 Å². The Balaban J connectivity index is 1.23.